The van der Waals surface area contributed by atoms with Crippen molar-refractivity contribution in [3.05, 3.63) is 0 Å². The molecule has 122 valence electrons. The summed E-state index contributed by atoms with van der Waals surface area (Å²) in [5, 5.41) is 8.89. The van der Waals surface area contributed by atoms with Gasteiger partial charge in [-0.2, -0.15) is 0 Å². The van der Waals surface area contributed by atoms with Crippen LogP contribution in [0.25, 0.3) is 0 Å². The highest BCUT2D eigenvalue weighted by atomic mass is 16.5. The fraction of sp³-hybridized carbons (Fsp3) is 1.00. The lowest BCUT2D eigenvalue weighted by Gasteiger charge is -2.22. The fourth-order valence-electron chi connectivity index (χ4n) is 2.48. The monoisotopic (exact) mass is 287 g/mol. The molecular formula is C17H37NO2. The van der Waals surface area contributed by atoms with Crippen LogP contribution in [0.15, 0.2) is 0 Å². The van der Waals surface area contributed by atoms with Gasteiger partial charge in [0.2, 0.25) is 0 Å². The Kier molecular flexibility index (Phi) is 16.8. The van der Waals surface area contributed by atoms with Crippen LogP contribution in [0.5, 0.6) is 0 Å². The SMILES string of the molecule is CCCCCCN(CCCCO)CCCCCCOC. The lowest BCUT2D eigenvalue weighted by molar-refractivity contribution is 0.190. The maximum Gasteiger partial charge on any atom is 0.0462 e. The van der Waals surface area contributed by atoms with E-state index in [1.54, 1.807) is 7.11 Å². The summed E-state index contributed by atoms with van der Waals surface area (Å²) in [4.78, 5) is 2.60. The fourth-order valence-corrected chi connectivity index (χ4v) is 2.48. The highest BCUT2D eigenvalue weighted by Gasteiger charge is 2.04. The summed E-state index contributed by atoms with van der Waals surface area (Å²) in [5.74, 6) is 0. The Bertz CT molecular complexity index is 176. The second-order valence-electron chi connectivity index (χ2n) is 5.74. The van der Waals surface area contributed by atoms with E-state index in [9.17, 15) is 0 Å². The third kappa shape index (κ3) is 14.3. The largest absolute Gasteiger partial charge is 0.396 e. The molecule has 0 aromatic carbocycles. The molecule has 0 radical (unpaired) electrons. The van der Waals surface area contributed by atoms with Crippen LogP contribution in [0.3, 0.4) is 0 Å². The molecule has 0 amide bonds. The van der Waals surface area contributed by atoms with Gasteiger partial charge >= 0.3 is 0 Å². The van der Waals surface area contributed by atoms with Crippen LogP contribution in [-0.2, 0) is 4.74 Å². The molecule has 0 aliphatic carbocycles. The van der Waals surface area contributed by atoms with E-state index in [2.05, 4.69) is 11.8 Å². The predicted molar refractivity (Wildman–Crippen MR) is 87.2 cm³/mol. The van der Waals surface area contributed by atoms with E-state index in [-0.39, 0.29) is 0 Å². The van der Waals surface area contributed by atoms with E-state index in [1.807, 2.05) is 0 Å². The third-order valence-electron chi connectivity index (χ3n) is 3.78. The summed E-state index contributed by atoms with van der Waals surface area (Å²) in [6.07, 6.45) is 12.5. The summed E-state index contributed by atoms with van der Waals surface area (Å²) in [7, 11) is 1.78. The van der Waals surface area contributed by atoms with Gasteiger partial charge in [0.1, 0.15) is 0 Å². The second-order valence-corrected chi connectivity index (χ2v) is 5.74. The number of hydrogen-bond donors (Lipinski definition) is 1. The lowest BCUT2D eigenvalue weighted by Crippen LogP contribution is -2.27. The standard InChI is InChI=1S/C17H37NO2/c1-3-4-5-8-13-18(15-10-11-16-19)14-9-6-7-12-17-20-2/h19H,3-17H2,1-2H3. The Morgan fingerprint density at radius 1 is 0.750 bits per heavy atom. The van der Waals surface area contributed by atoms with Gasteiger partial charge in [-0.3, -0.25) is 0 Å². The highest BCUT2D eigenvalue weighted by Crippen LogP contribution is 2.07. The molecule has 0 aliphatic rings. The molecule has 0 spiro atoms. The Balaban J connectivity index is 3.62. The lowest BCUT2D eigenvalue weighted by atomic mass is 10.1. The van der Waals surface area contributed by atoms with Gasteiger partial charge < -0.3 is 14.7 Å². The number of unbranched alkanes of at least 4 members (excludes halogenated alkanes) is 7. The number of hydrogen-bond acceptors (Lipinski definition) is 3. The van der Waals surface area contributed by atoms with Gasteiger partial charge in [0.15, 0.2) is 0 Å². The minimum absolute atomic E-state index is 0.334. The molecule has 0 heterocycles. The number of aliphatic hydroxyl groups is 1. The third-order valence-corrected chi connectivity index (χ3v) is 3.78. The number of aliphatic hydroxyl groups excluding tert-OH is 1. The Labute approximate surface area is 126 Å². The van der Waals surface area contributed by atoms with Gasteiger partial charge in [-0.1, -0.05) is 39.0 Å². The van der Waals surface area contributed by atoms with Crippen molar-refractivity contribution in [1.82, 2.24) is 4.90 Å². The van der Waals surface area contributed by atoms with Crippen molar-refractivity contribution >= 4 is 0 Å². The molecule has 0 unspecified atom stereocenters. The molecule has 0 rings (SSSR count). The Morgan fingerprint density at radius 3 is 1.85 bits per heavy atom. The Morgan fingerprint density at radius 2 is 1.30 bits per heavy atom. The van der Waals surface area contributed by atoms with E-state index in [4.69, 9.17) is 9.84 Å². The van der Waals surface area contributed by atoms with Crippen molar-refractivity contribution in [1.29, 1.82) is 0 Å². The first-order valence-corrected chi connectivity index (χ1v) is 8.67. The van der Waals surface area contributed by atoms with Crippen molar-refractivity contribution in [2.75, 3.05) is 40.0 Å². The topological polar surface area (TPSA) is 32.7 Å². The van der Waals surface area contributed by atoms with Crippen LogP contribution in [0.2, 0.25) is 0 Å². The molecular weight excluding hydrogens is 250 g/mol. The molecule has 0 bridgehead atoms. The number of rotatable bonds is 16. The minimum Gasteiger partial charge on any atom is -0.396 e. The molecule has 0 aromatic rings. The van der Waals surface area contributed by atoms with Crippen molar-refractivity contribution in [2.24, 2.45) is 0 Å². The first kappa shape index (κ1) is 19.9. The Hall–Kier alpha value is -0.120. The molecule has 0 aromatic heterocycles. The summed E-state index contributed by atoms with van der Waals surface area (Å²) >= 11 is 0. The van der Waals surface area contributed by atoms with Gasteiger partial charge in [-0.05, 0) is 51.7 Å². The molecule has 0 atom stereocenters. The van der Waals surface area contributed by atoms with E-state index in [0.717, 1.165) is 26.0 Å². The van der Waals surface area contributed by atoms with Crippen LogP contribution in [-0.4, -0.2) is 50.0 Å². The zero-order valence-electron chi connectivity index (χ0n) is 13.9. The molecule has 0 aliphatic heterocycles. The average molecular weight is 287 g/mol. The molecule has 3 heteroatoms. The molecule has 0 saturated heterocycles. The number of nitrogens with zero attached hydrogens (tertiary/aromatic N) is 1. The van der Waals surface area contributed by atoms with E-state index >= 15 is 0 Å². The first-order valence-electron chi connectivity index (χ1n) is 8.67. The zero-order chi connectivity index (χ0) is 14.9. The maximum absolute atomic E-state index is 8.89. The number of methoxy groups -OCH3 is 1. The van der Waals surface area contributed by atoms with Crippen molar-refractivity contribution in [3.8, 4) is 0 Å². The van der Waals surface area contributed by atoms with Gasteiger partial charge in [0, 0.05) is 20.3 Å². The number of ether oxygens (including phenoxy) is 1. The van der Waals surface area contributed by atoms with Crippen LogP contribution in [0, 0.1) is 0 Å². The smallest absolute Gasteiger partial charge is 0.0462 e. The summed E-state index contributed by atoms with van der Waals surface area (Å²) in [6, 6.07) is 0. The van der Waals surface area contributed by atoms with Crippen LogP contribution in [0.4, 0.5) is 0 Å². The zero-order valence-corrected chi connectivity index (χ0v) is 13.9. The van der Waals surface area contributed by atoms with Crippen LogP contribution in [0.1, 0.15) is 71.1 Å². The molecule has 1 N–H and O–H groups in total. The van der Waals surface area contributed by atoms with Crippen LogP contribution < -0.4 is 0 Å². The van der Waals surface area contributed by atoms with Crippen molar-refractivity contribution in [2.45, 2.75) is 71.1 Å². The van der Waals surface area contributed by atoms with Crippen molar-refractivity contribution in [3.63, 3.8) is 0 Å². The molecule has 20 heavy (non-hydrogen) atoms. The van der Waals surface area contributed by atoms with Gasteiger partial charge in [0.25, 0.3) is 0 Å². The first-order chi connectivity index (χ1) is 9.85. The predicted octanol–water partition coefficient (Wildman–Crippen LogP) is 3.85. The van der Waals surface area contributed by atoms with Crippen molar-refractivity contribution < 1.29 is 9.84 Å². The minimum atomic E-state index is 0.334. The summed E-state index contributed by atoms with van der Waals surface area (Å²) in [6.45, 7) is 7.12. The van der Waals surface area contributed by atoms with E-state index < -0.39 is 0 Å². The highest BCUT2D eigenvalue weighted by molar-refractivity contribution is 4.59. The van der Waals surface area contributed by atoms with Gasteiger partial charge in [0.05, 0.1) is 0 Å². The average Bonchev–Trinajstić information content (AvgIpc) is 2.46. The maximum atomic E-state index is 8.89. The molecule has 0 fully saturated rings. The van der Waals surface area contributed by atoms with E-state index in [0.29, 0.717) is 6.61 Å². The van der Waals surface area contributed by atoms with E-state index in [1.165, 1.54) is 64.5 Å². The second kappa shape index (κ2) is 16.9. The quantitative estimate of drug-likeness (QED) is 0.438. The normalized spacial score (nSPS) is 11.4. The van der Waals surface area contributed by atoms with Gasteiger partial charge in [-0.15, -0.1) is 0 Å². The van der Waals surface area contributed by atoms with Crippen LogP contribution >= 0.6 is 0 Å². The molecule has 3 nitrogen and oxygen atoms in total. The summed E-state index contributed by atoms with van der Waals surface area (Å²) < 4.78 is 5.08. The summed E-state index contributed by atoms with van der Waals surface area (Å²) in [5.41, 5.74) is 0. The van der Waals surface area contributed by atoms with Gasteiger partial charge in [-0.25, -0.2) is 0 Å². The molecule has 0 saturated carbocycles.